The van der Waals surface area contributed by atoms with E-state index >= 15 is 0 Å². The van der Waals surface area contributed by atoms with Gasteiger partial charge >= 0.3 is 0 Å². The molecule has 0 aliphatic heterocycles. The Labute approximate surface area is 81.3 Å². The SMILES string of the molecule is C[C@H](O)c1cc(CN)ccc1[N+](=O)[O-]. The fourth-order valence-electron chi connectivity index (χ4n) is 1.23. The molecule has 5 nitrogen and oxygen atoms in total. The van der Waals surface area contributed by atoms with E-state index in [-0.39, 0.29) is 5.69 Å². The van der Waals surface area contributed by atoms with Gasteiger partial charge in [-0.05, 0) is 18.6 Å². The van der Waals surface area contributed by atoms with Gasteiger partial charge in [0.1, 0.15) is 0 Å². The van der Waals surface area contributed by atoms with Crippen LogP contribution in [0.15, 0.2) is 18.2 Å². The van der Waals surface area contributed by atoms with Crippen LogP contribution in [0, 0.1) is 10.1 Å². The second-order valence-corrected chi connectivity index (χ2v) is 3.03. The first kappa shape index (κ1) is 10.6. The van der Waals surface area contributed by atoms with Crippen LogP contribution >= 0.6 is 0 Å². The summed E-state index contributed by atoms with van der Waals surface area (Å²) in [5.74, 6) is 0. The molecule has 1 aromatic carbocycles. The third kappa shape index (κ3) is 2.07. The zero-order valence-electron chi connectivity index (χ0n) is 7.80. The van der Waals surface area contributed by atoms with Gasteiger partial charge in [0.2, 0.25) is 0 Å². The van der Waals surface area contributed by atoms with E-state index in [9.17, 15) is 15.2 Å². The van der Waals surface area contributed by atoms with Gasteiger partial charge in [-0.15, -0.1) is 0 Å². The molecule has 0 aliphatic carbocycles. The minimum atomic E-state index is -0.859. The van der Waals surface area contributed by atoms with E-state index < -0.39 is 11.0 Å². The molecule has 0 bridgehead atoms. The largest absolute Gasteiger partial charge is 0.388 e. The Morgan fingerprint density at radius 3 is 2.71 bits per heavy atom. The van der Waals surface area contributed by atoms with Crippen molar-refractivity contribution < 1.29 is 10.0 Å². The molecule has 1 atom stereocenters. The second-order valence-electron chi connectivity index (χ2n) is 3.03. The number of nitrogens with two attached hydrogens (primary N) is 1. The van der Waals surface area contributed by atoms with Crippen molar-refractivity contribution >= 4 is 5.69 Å². The van der Waals surface area contributed by atoms with Gasteiger partial charge < -0.3 is 10.8 Å². The van der Waals surface area contributed by atoms with Crippen LogP contribution in [-0.2, 0) is 6.54 Å². The van der Waals surface area contributed by atoms with Crippen molar-refractivity contribution in [2.45, 2.75) is 19.6 Å². The maximum atomic E-state index is 10.6. The molecule has 0 unspecified atom stereocenters. The van der Waals surface area contributed by atoms with Crippen LogP contribution in [0.2, 0.25) is 0 Å². The maximum Gasteiger partial charge on any atom is 0.275 e. The molecule has 1 rings (SSSR count). The van der Waals surface area contributed by atoms with Gasteiger partial charge in [-0.1, -0.05) is 6.07 Å². The summed E-state index contributed by atoms with van der Waals surface area (Å²) in [6.45, 7) is 1.79. The Morgan fingerprint density at radius 2 is 2.29 bits per heavy atom. The standard InChI is InChI=1S/C9H12N2O3/c1-6(12)8-4-7(5-10)2-3-9(8)11(13)14/h2-4,6,12H,5,10H2,1H3/t6-/m0/s1. The van der Waals surface area contributed by atoms with Crippen molar-refractivity contribution in [1.82, 2.24) is 0 Å². The quantitative estimate of drug-likeness (QED) is 0.559. The summed E-state index contributed by atoms with van der Waals surface area (Å²) in [5, 5.41) is 19.9. The lowest BCUT2D eigenvalue weighted by Crippen LogP contribution is -2.03. The molecule has 14 heavy (non-hydrogen) atoms. The summed E-state index contributed by atoms with van der Waals surface area (Å²) in [5.41, 5.74) is 6.40. The normalized spacial score (nSPS) is 12.5. The average Bonchev–Trinajstić information content (AvgIpc) is 2.16. The highest BCUT2D eigenvalue weighted by atomic mass is 16.6. The third-order valence-corrected chi connectivity index (χ3v) is 1.97. The molecule has 0 saturated carbocycles. The molecular weight excluding hydrogens is 184 g/mol. The molecule has 76 valence electrons. The first-order chi connectivity index (χ1) is 6.56. The first-order valence-corrected chi connectivity index (χ1v) is 4.21. The Balaban J connectivity index is 3.24. The monoisotopic (exact) mass is 196 g/mol. The van der Waals surface area contributed by atoms with Gasteiger partial charge in [-0.2, -0.15) is 0 Å². The van der Waals surface area contributed by atoms with Crippen molar-refractivity contribution in [2.75, 3.05) is 0 Å². The fourth-order valence-corrected chi connectivity index (χ4v) is 1.23. The van der Waals surface area contributed by atoms with Crippen LogP contribution in [0.5, 0.6) is 0 Å². The number of nitro benzene ring substituents is 1. The van der Waals surface area contributed by atoms with Crippen LogP contribution in [-0.4, -0.2) is 10.0 Å². The Morgan fingerprint density at radius 1 is 1.64 bits per heavy atom. The lowest BCUT2D eigenvalue weighted by Gasteiger charge is -2.07. The summed E-state index contributed by atoms with van der Waals surface area (Å²) in [4.78, 5) is 10.1. The minimum Gasteiger partial charge on any atom is -0.388 e. The van der Waals surface area contributed by atoms with E-state index in [4.69, 9.17) is 5.73 Å². The molecule has 0 heterocycles. The van der Waals surface area contributed by atoms with Gasteiger partial charge in [0.25, 0.3) is 5.69 Å². The van der Waals surface area contributed by atoms with Crippen molar-refractivity contribution in [3.05, 3.63) is 39.4 Å². The highest BCUT2D eigenvalue weighted by molar-refractivity contribution is 5.44. The third-order valence-electron chi connectivity index (χ3n) is 1.97. The predicted molar refractivity (Wildman–Crippen MR) is 51.6 cm³/mol. The number of aliphatic hydroxyl groups excluding tert-OH is 1. The minimum absolute atomic E-state index is 0.0720. The lowest BCUT2D eigenvalue weighted by molar-refractivity contribution is -0.386. The number of hydrogen-bond donors (Lipinski definition) is 2. The topological polar surface area (TPSA) is 89.4 Å². The second kappa shape index (κ2) is 4.17. The van der Waals surface area contributed by atoms with Crippen LogP contribution in [0.3, 0.4) is 0 Å². The molecule has 0 saturated heterocycles. The predicted octanol–water partition coefficient (Wildman–Crippen LogP) is 1.11. The van der Waals surface area contributed by atoms with Gasteiger partial charge in [0.15, 0.2) is 0 Å². The summed E-state index contributed by atoms with van der Waals surface area (Å²) in [6, 6.07) is 4.51. The molecule has 0 fully saturated rings. The number of aliphatic hydroxyl groups is 1. The number of nitro groups is 1. The number of nitrogens with zero attached hydrogens (tertiary/aromatic N) is 1. The van der Waals surface area contributed by atoms with Crippen LogP contribution in [0.1, 0.15) is 24.2 Å². The average molecular weight is 196 g/mol. The smallest absolute Gasteiger partial charge is 0.275 e. The summed E-state index contributed by atoms with van der Waals surface area (Å²) < 4.78 is 0. The highest BCUT2D eigenvalue weighted by Crippen LogP contribution is 2.25. The molecule has 0 spiro atoms. The number of rotatable bonds is 3. The Hall–Kier alpha value is -1.46. The van der Waals surface area contributed by atoms with Crippen molar-refractivity contribution in [1.29, 1.82) is 0 Å². The lowest BCUT2D eigenvalue weighted by atomic mass is 10.0. The molecule has 0 aromatic heterocycles. The molecule has 0 amide bonds. The highest BCUT2D eigenvalue weighted by Gasteiger charge is 2.17. The van der Waals surface area contributed by atoms with Gasteiger partial charge in [0.05, 0.1) is 16.6 Å². The Bertz CT molecular complexity index is 350. The fraction of sp³-hybridized carbons (Fsp3) is 0.333. The molecule has 0 aliphatic rings. The van der Waals surface area contributed by atoms with Crippen LogP contribution in [0.25, 0.3) is 0 Å². The van der Waals surface area contributed by atoms with E-state index in [2.05, 4.69) is 0 Å². The Kier molecular flexibility index (Phi) is 3.16. The zero-order valence-corrected chi connectivity index (χ0v) is 7.80. The molecular formula is C9H12N2O3. The van der Waals surface area contributed by atoms with Gasteiger partial charge in [-0.25, -0.2) is 0 Å². The van der Waals surface area contributed by atoms with Crippen LogP contribution < -0.4 is 5.73 Å². The van der Waals surface area contributed by atoms with Gasteiger partial charge in [-0.3, -0.25) is 10.1 Å². The van der Waals surface area contributed by atoms with Crippen molar-refractivity contribution in [2.24, 2.45) is 5.73 Å². The number of hydrogen-bond acceptors (Lipinski definition) is 4. The van der Waals surface area contributed by atoms with Crippen LogP contribution in [0.4, 0.5) is 5.69 Å². The number of benzene rings is 1. The first-order valence-electron chi connectivity index (χ1n) is 4.21. The zero-order chi connectivity index (χ0) is 10.7. The van der Waals surface area contributed by atoms with E-state index in [1.165, 1.54) is 13.0 Å². The summed E-state index contributed by atoms with van der Waals surface area (Å²) in [7, 11) is 0. The van der Waals surface area contributed by atoms with Crippen molar-refractivity contribution in [3.8, 4) is 0 Å². The summed E-state index contributed by atoms with van der Waals surface area (Å²) in [6.07, 6.45) is -0.859. The molecule has 3 N–H and O–H groups in total. The summed E-state index contributed by atoms with van der Waals surface area (Å²) >= 11 is 0. The van der Waals surface area contributed by atoms with E-state index in [1.54, 1.807) is 12.1 Å². The molecule has 0 radical (unpaired) electrons. The van der Waals surface area contributed by atoms with E-state index in [0.29, 0.717) is 12.1 Å². The van der Waals surface area contributed by atoms with Gasteiger partial charge in [0, 0.05) is 12.6 Å². The maximum absolute atomic E-state index is 10.6. The van der Waals surface area contributed by atoms with E-state index in [0.717, 1.165) is 5.56 Å². The van der Waals surface area contributed by atoms with E-state index in [1.807, 2.05) is 0 Å². The van der Waals surface area contributed by atoms with Crippen molar-refractivity contribution in [3.63, 3.8) is 0 Å². The molecule has 5 heteroatoms. The molecule has 1 aromatic rings.